The van der Waals surface area contributed by atoms with Gasteiger partial charge in [0.15, 0.2) is 0 Å². The second kappa shape index (κ2) is 5.95. The Labute approximate surface area is 125 Å². The number of hydrogen-bond acceptors (Lipinski definition) is 4. The molecule has 0 amide bonds. The van der Waals surface area contributed by atoms with Crippen LogP contribution < -0.4 is 0 Å². The zero-order valence-electron chi connectivity index (χ0n) is 12.6. The van der Waals surface area contributed by atoms with E-state index in [1.807, 2.05) is 44.2 Å². The minimum Gasteiger partial charge on any atom is -0.261 e. The molecule has 0 bridgehead atoms. The highest BCUT2D eigenvalue weighted by Crippen LogP contribution is 2.27. The molecule has 0 radical (unpaired) electrons. The van der Waals surface area contributed by atoms with Gasteiger partial charge in [0.25, 0.3) is 10.1 Å². The van der Waals surface area contributed by atoms with E-state index in [0.717, 1.165) is 28.6 Å². The highest BCUT2D eigenvalue weighted by Gasteiger charge is 2.15. The van der Waals surface area contributed by atoms with Gasteiger partial charge >= 0.3 is 0 Å². The predicted molar refractivity (Wildman–Crippen MR) is 83.5 cm³/mol. The molecule has 0 fully saturated rings. The molecule has 112 valence electrons. The summed E-state index contributed by atoms with van der Waals surface area (Å²) >= 11 is 0. The lowest BCUT2D eigenvalue weighted by atomic mass is 9.99. The summed E-state index contributed by atoms with van der Waals surface area (Å²) < 4.78 is 27.4. The third kappa shape index (κ3) is 3.89. The Kier molecular flexibility index (Phi) is 4.44. The highest BCUT2D eigenvalue weighted by atomic mass is 32.2. The molecule has 1 atom stereocenters. The monoisotopic (exact) mass is 305 g/mol. The summed E-state index contributed by atoms with van der Waals surface area (Å²) in [4.78, 5) is 4.56. The summed E-state index contributed by atoms with van der Waals surface area (Å²) in [6.45, 7) is 5.75. The Morgan fingerprint density at radius 1 is 1.05 bits per heavy atom. The maximum Gasteiger partial charge on any atom is 0.265 e. The Balaban J connectivity index is 2.43. The fourth-order valence-electron chi connectivity index (χ4n) is 2.35. The maximum absolute atomic E-state index is 11.2. The van der Waals surface area contributed by atoms with E-state index in [-0.39, 0.29) is 0 Å². The number of benzene rings is 1. The number of hydrogen-bond donors (Lipinski definition) is 0. The predicted octanol–water partition coefficient (Wildman–Crippen LogP) is 3.40. The van der Waals surface area contributed by atoms with Gasteiger partial charge in [0, 0.05) is 5.56 Å². The lowest BCUT2D eigenvalue weighted by Gasteiger charge is -2.14. The lowest BCUT2D eigenvalue weighted by molar-refractivity contribution is 0.232. The van der Waals surface area contributed by atoms with Crippen LogP contribution in [-0.2, 0) is 14.3 Å². The van der Waals surface area contributed by atoms with Crippen LogP contribution in [-0.4, -0.2) is 19.7 Å². The molecule has 1 aromatic carbocycles. The zero-order valence-corrected chi connectivity index (χ0v) is 13.4. The van der Waals surface area contributed by atoms with Gasteiger partial charge in [-0.05, 0) is 44.0 Å². The van der Waals surface area contributed by atoms with E-state index in [1.165, 1.54) is 0 Å². The van der Waals surface area contributed by atoms with Gasteiger partial charge < -0.3 is 0 Å². The Hall–Kier alpha value is -1.72. The average Bonchev–Trinajstić information content (AvgIpc) is 2.37. The van der Waals surface area contributed by atoms with Gasteiger partial charge in [-0.25, -0.2) is 0 Å². The van der Waals surface area contributed by atoms with Crippen LogP contribution in [0.15, 0.2) is 36.4 Å². The van der Waals surface area contributed by atoms with Crippen molar-refractivity contribution >= 4 is 10.1 Å². The van der Waals surface area contributed by atoms with Crippen LogP contribution in [0.2, 0.25) is 0 Å². The zero-order chi connectivity index (χ0) is 15.6. The van der Waals surface area contributed by atoms with Crippen molar-refractivity contribution in [2.24, 2.45) is 0 Å². The quantitative estimate of drug-likeness (QED) is 0.812. The molecule has 1 heterocycles. The third-order valence-corrected chi connectivity index (χ3v) is 3.88. The summed E-state index contributed by atoms with van der Waals surface area (Å²) in [6, 6.07) is 11.6. The first-order valence-corrected chi connectivity index (χ1v) is 8.51. The molecule has 2 rings (SSSR count). The van der Waals surface area contributed by atoms with Crippen molar-refractivity contribution in [3.8, 4) is 11.3 Å². The van der Waals surface area contributed by atoms with Crippen molar-refractivity contribution < 1.29 is 12.6 Å². The summed E-state index contributed by atoms with van der Waals surface area (Å²) in [5, 5.41) is 0. The van der Waals surface area contributed by atoms with Crippen LogP contribution in [0.1, 0.15) is 29.8 Å². The molecule has 0 N–H and O–H groups in total. The Morgan fingerprint density at radius 2 is 1.62 bits per heavy atom. The van der Waals surface area contributed by atoms with E-state index in [4.69, 9.17) is 4.18 Å². The molecular weight excluding hydrogens is 286 g/mol. The number of aryl methyl sites for hydroxylation is 2. The van der Waals surface area contributed by atoms with Gasteiger partial charge in [-0.3, -0.25) is 9.17 Å². The van der Waals surface area contributed by atoms with Crippen molar-refractivity contribution in [1.82, 2.24) is 4.98 Å². The Bertz CT molecular complexity index is 734. The minimum atomic E-state index is -3.51. The van der Waals surface area contributed by atoms with E-state index in [1.54, 1.807) is 13.0 Å². The molecule has 21 heavy (non-hydrogen) atoms. The normalized spacial score (nSPS) is 13.1. The number of nitrogens with zero attached hydrogens (tertiary/aromatic N) is 1. The molecule has 0 aliphatic rings. The molecule has 0 aliphatic carbocycles. The van der Waals surface area contributed by atoms with Crippen molar-refractivity contribution in [2.75, 3.05) is 6.26 Å². The minimum absolute atomic E-state index is 0.598. The first-order chi connectivity index (χ1) is 9.78. The van der Waals surface area contributed by atoms with Crippen LogP contribution in [0.3, 0.4) is 0 Å². The van der Waals surface area contributed by atoms with Crippen molar-refractivity contribution in [3.05, 3.63) is 53.2 Å². The fourth-order valence-corrected chi connectivity index (χ4v) is 2.97. The largest absolute Gasteiger partial charge is 0.265 e. The molecule has 0 saturated carbocycles. The van der Waals surface area contributed by atoms with Crippen molar-refractivity contribution in [3.63, 3.8) is 0 Å². The molecule has 5 heteroatoms. The van der Waals surface area contributed by atoms with Gasteiger partial charge in [-0.15, -0.1) is 0 Å². The highest BCUT2D eigenvalue weighted by molar-refractivity contribution is 7.86. The number of pyridine rings is 1. The van der Waals surface area contributed by atoms with E-state index in [2.05, 4.69) is 4.98 Å². The van der Waals surface area contributed by atoms with Gasteiger partial charge in [0.2, 0.25) is 0 Å². The van der Waals surface area contributed by atoms with Crippen LogP contribution >= 0.6 is 0 Å². The molecule has 0 saturated heterocycles. The van der Waals surface area contributed by atoms with Crippen molar-refractivity contribution in [2.45, 2.75) is 26.9 Å². The molecule has 1 aromatic heterocycles. The molecule has 0 unspecified atom stereocenters. The fraction of sp³-hybridized carbons (Fsp3) is 0.312. The summed E-state index contributed by atoms with van der Waals surface area (Å²) in [6.07, 6.45) is 0.433. The average molecular weight is 305 g/mol. The molecule has 0 aliphatic heterocycles. The van der Waals surface area contributed by atoms with Crippen LogP contribution in [0.5, 0.6) is 0 Å². The summed E-state index contributed by atoms with van der Waals surface area (Å²) in [7, 11) is -3.51. The van der Waals surface area contributed by atoms with Gasteiger partial charge in [0.05, 0.1) is 17.6 Å². The van der Waals surface area contributed by atoms with Gasteiger partial charge in [0.1, 0.15) is 6.10 Å². The number of aromatic nitrogens is 1. The number of rotatable bonds is 4. The topological polar surface area (TPSA) is 56.3 Å². The van der Waals surface area contributed by atoms with E-state index in [0.29, 0.717) is 5.69 Å². The molecule has 2 aromatic rings. The molecule has 0 spiro atoms. The summed E-state index contributed by atoms with van der Waals surface area (Å²) in [5.74, 6) is 0. The van der Waals surface area contributed by atoms with E-state index in [9.17, 15) is 8.42 Å². The standard InChI is InChI=1S/C16H19NO3S/c1-11-7-5-8-12(2)16(11)15-10-6-9-14(17-15)13(3)20-21(4,18)19/h5-10,13H,1-4H3/t13-/m1/s1. The molecule has 4 nitrogen and oxygen atoms in total. The second-order valence-electron chi connectivity index (χ2n) is 5.16. The van der Waals surface area contributed by atoms with Gasteiger partial charge in [-0.1, -0.05) is 24.3 Å². The summed E-state index contributed by atoms with van der Waals surface area (Å²) in [5.41, 5.74) is 4.77. The third-order valence-electron chi connectivity index (χ3n) is 3.24. The van der Waals surface area contributed by atoms with Crippen LogP contribution in [0.25, 0.3) is 11.3 Å². The second-order valence-corrected chi connectivity index (χ2v) is 6.76. The van der Waals surface area contributed by atoms with Gasteiger partial charge in [-0.2, -0.15) is 8.42 Å². The smallest absolute Gasteiger partial charge is 0.261 e. The SMILES string of the molecule is Cc1cccc(C)c1-c1cccc([C@@H](C)OS(C)(=O)=O)n1. The first kappa shape index (κ1) is 15.7. The van der Waals surface area contributed by atoms with Crippen LogP contribution in [0.4, 0.5) is 0 Å². The van der Waals surface area contributed by atoms with Crippen LogP contribution in [0, 0.1) is 13.8 Å². The maximum atomic E-state index is 11.2. The van der Waals surface area contributed by atoms with E-state index >= 15 is 0 Å². The Morgan fingerprint density at radius 3 is 2.19 bits per heavy atom. The van der Waals surface area contributed by atoms with E-state index < -0.39 is 16.2 Å². The van der Waals surface area contributed by atoms with Crippen molar-refractivity contribution in [1.29, 1.82) is 0 Å². The first-order valence-electron chi connectivity index (χ1n) is 6.70. The molecular formula is C16H19NO3S. The lowest BCUT2D eigenvalue weighted by Crippen LogP contribution is -2.09.